The Morgan fingerprint density at radius 3 is 2.81 bits per heavy atom. The maximum Gasteiger partial charge on any atom is 0.262 e. The number of carbonyl (C=O) groups excluding carboxylic acids is 1. The second-order valence-corrected chi connectivity index (χ2v) is 7.65. The average Bonchev–Trinajstić information content (AvgIpc) is 3.15. The molecule has 2 heterocycles. The van der Waals surface area contributed by atoms with E-state index in [4.69, 9.17) is 4.42 Å². The van der Waals surface area contributed by atoms with Crippen molar-refractivity contribution in [2.45, 2.75) is 32.0 Å². The Morgan fingerprint density at radius 1 is 1.26 bits per heavy atom. The van der Waals surface area contributed by atoms with Gasteiger partial charge in [0.15, 0.2) is 5.16 Å². The Morgan fingerprint density at radius 2 is 2.07 bits per heavy atom. The quantitative estimate of drug-likeness (QED) is 0.476. The highest BCUT2D eigenvalue weighted by Crippen LogP contribution is 2.19. The Bertz CT molecular complexity index is 964. The van der Waals surface area contributed by atoms with E-state index in [2.05, 4.69) is 24.1 Å². The lowest BCUT2D eigenvalue weighted by atomic mass is 10.1. The van der Waals surface area contributed by atoms with Gasteiger partial charge in [-0.2, -0.15) is 0 Å². The zero-order valence-electron chi connectivity index (χ0n) is 15.5. The summed E-state index contributed by atoms with van der Waals surface area (Å²) >= 11 is 1.26. The summed E-state index contributed by atoms with van der Waals surface area (Å²) < 4.78 is 6.95. The van der Waals surface area contributed by atoms with E-state index in [0.29, 0.717) is 34.3 Å². The van der Waals surface area contributed by atoms with Gasteiger partial charge in [-0.25, -0.2) is 4.98 Å². The molecule has 0 radical (unpaired) electrons. The molecule has 1 aromatic carbocycles. The number of fused-ring (bicyclic) bond motifs is 1. The summed E-state index contributed by atoms with van der Waals surface area (Å²) in [5, 5.41) is 3.97. The number of amides is 1. The molecule has 0 unspecified atom stereocenters. The molecule has 0 spiro atoms. The van der Waals surface area contributed by atoms with Gasteiger partial charge in [-0.05, 0) is 36.6 Å². The lowest BCUT2D eigenvalue weighted by molar-refractivity contribution is -0.118. The van der Waals surface area contributed by atoms with Crippen molar-refractivity contribution >= 4 is 28.6 Å². The highest BCUT2D eigenvalue weighted by molar-refractivity contribution is 7.99. The molecule has 0 aliphatic rings. The highest BCUT2D eigenvalue weighted by atomic mass is 32.2. The van der Waals surface area contributed by atoms with E-state index in [9.17, 15) is 9.59 Å². The maximum atomic E-state index is 12.9. The third kappa shape index (κ3) is 5.01. The molecule has 0 atom stereocenters. The van der Waals surface area contributed by atoms with E-state index >= 15 is 0 Å². The smallest absolute Gasteiger partial charge is 0.262 e. The molecule has 1 amide bonds. The van der Waals surface area contributed by atoms with Crippen LogP contribution in [-0.4, -0.2) is 27.8 Å². The van der Waals surface area contributed by atoms with Gasteiger partial charge in [0.05, 0.1) is 29.5 Å². The van der Waals surface area contributed by atoms with Crippen LogP contribution in [0.15, 0.2) is 57.0 Å². The van der Waals surface area contributed by atoms with Crippen LogP contribution in [0, 0.1) is 5.92 Å². The zero-order valence-corrected chi connectivity index (χ0v) is 16.3. The van der Waals surface area contributed by atoms with Crippen molar-refractivity contribution in [3.05, 3.63) is 58.8 Å². The summed E-state index contributed by atoms with van der Waals surface area (Å²) in [6.07, 6.45) is 2.51. The Hall–Kier alpha value is -2.54. The van der Waals surface area contributed by atoms with E-state index < -0.39 is 0 Å². The van der Waals surface area contributed by atoms with Gasteiger partial charge in [0, 0.05) is 6.54 Å². The summed E-state index contributed by atoms with van der Waals surface area (Å²) in [6.45, 7) is 5.17. The average molecular weight is 385 g/mol. The number of rotatable bonds is 8. The van der Waals surface area contributed by atoms with Crippen molar-refractivity contribution in [2.24, 2.45) is 5.92 Å². The Kier molecular flexibility index (Phi) is 6.34. The zero-order chi connectivity index (χ0) is 19.2. The van der Waals surface area contributed by atoms with Gasteiger partial charge in [0.2, 0.25) is 5.91 Å². The Labute approximate surface area is 162 Å². The number of furan rings is 1. The molecule has 0 bridgehead atoms. The largest absolute Gasteiger partial charge is 0.467 e. The van der Waals surface area contributed by atoms with Gasteiger partial charge in [-0.15, -0.1) is 0 Å². The lowest BCUT2D eigenvalue weighted by Crippen LogP contribution is -2.28. The normalized spacial score (nSPS) is 11.2. The summed E-state index contributed by atoms with van der Waals surface area (Å²) in [5.41, 5.74) is 0.487. The van der Waals surface area contributed by atoms with Crippen molar-refractivity contribution in [1.29, 1.82) is 0 Å². The van der Waals surface area contributed by atoms with Crippen LogP contribution in [0.5, 0.6) is 0 Å². The van der Waals surface area contributed by atoms with Crippen LogP contribution in [0.25, 0.3) is 10.9 Å². The minimum Gasteiger partial charge on any atom is -0.467 e. The third-order valence-corrected chi connectivity index (χ3v) is 5.07. The molecule has 27 heavy (non-hydrogen) atoms. The van der Waals surface area contributed by atoms with Crippen molar-refractivity contribution < 1.29 is 9.21 Å². The molecule has 0 saturated carbocycles. The maximum absolute atomic E-state index is 12.9. The van der Waals surface area contributed by atoms with E-state index in [0.717, 1.165) is 6.42 Å². The fourth-order valence-electron chi connectivity index (χ4n) is 2.64. The predicted octanol–water partition coefficient (Wildman–Crippen LogP) is 3.29. The summed E-state index contributed by atoms with van der Waals surface area (Å²) in [4.78, 5) is 29.6. The molecule has 7 heteroatoms. The minimum absolute atomic E-state index is 0.0624. The summed E-state index contributed by atoms with van der Waals surface area (Å²) in [6, 6.07) is 10.8. The minimum atomic E-state index is -0.139. The summed E-state index contributed by atoms with van der Waals surface area (Å²) in [7, 11) is 0. The SMILES string of the molecule is CC(C)CCNC(=O)CSc1nc2ccccc2c(=O)n1Cc1ccco1. The van der Waals surface area contributed by atoms with Crippen LogP contribution in [0.2, 0.25) is 0 Å². The lowest BCUT2D eigenvalue weighted by Gasteiger charge is -2.12. The number of hydrogen-bond acceptors (Lipinski definition) is 5. The van der Waals surface area contributed by atoms with Gasteiger partial charge in [0.25, 0.3) is 5.56 Å². The number of hydrogen-bond donors (Lipinski definition) is 1. The van der Waals surface area contributed by atoms with Gasteiger partial charge in [0.1, 0.15) is 5.76 Å². The Balaban J connectivity index is 1.82. The number of nitrogens with zero attached hydrogens (tertiary/aromatic N) is 2. The fourth-order valence-corrected chi connectivity index (χ4v) is 3.47. The number of carbonyl (C=O) groups is 1. The molecule has 0 saturated heterocycles. The summed E-state index contributed by atoms with van der Waals surface area (Å²) in [5.74, 6) is 1.35. The van der Waals surface area contributed by atoms with Gasteiger partial charge in [-0.3, -0.25) is 14.2 Å². The molecule has 0 fully saturated rings. The van der Waals surface area contributed by atoms with Crippen LogP contribution in [-0.2, 0) is 11.3 Å². The van der Waals surface area contributed by atoms with Crippen LogP contribution < -0.4 is 10.9 Å². The van der Waals surface area contributed by atoms with E-state index in [1.165, 1.54) is 11.8 Å². The van der Waals surface area contributed by atoms with Gasteiger partial charge < -0.3 is 9.73 Å². The number of nitrogens with one attached hydrogen (secondary N) is 1. The molecular formula is C20H23N3O3S. The third-order valence-electron chi connectivity index (χ3n) is 4.10. The number of para-hydroxylation sites is 1. The first-order valence-corrected chi connectivity index (χ1v) is 9.94. The van der Waals surface area contributed by atoms with Crippen molar-refractivity contribution in [3.8, 4) is 0 Å². The van der Waals surface area contributed by atoms with Crippen molar-refractivity contribution in [1.82, 2.24) is 14.9 Å². The van der Waals surface area contributed by atoms with Crippen molar-refractivity contribution in [3.63, 3.8) is 0 Å². The molecule has 6 nitrogen and oxygen atoms in total. The van der Waals surface area contributed by atoms with Crippen LogP contribution >= 0.6 is 11.8 Å². The molecule has 3 rings (SSSR count). The number of benzene rings is 1. The van der Waals surface area contributed by atoms with E-state index in [1.807, 2.05) is 18.2 Å². The number of thioether (sulfide) groups is 1. The fraction of sp³-hybridized carbons (Fsp3) is 0.350. The van der Waals surface area contributed by atoms with E-state index in [-0.39, 0.29) is 23.8 Å². The first-order valence-electron chi connectivity index (χ1n) is 8.96. The molecular weight excluding hydrogens is 362 g/mol. The van der Waals surface area contributed by atoms with Crippen LogP contribution in [0.3, 0.4) is 0 Å². The highest BCUT2D eigenvalue weighted by Gasteiger charge is 2.14. The first-order chi connectivity index (χ1) is 13.0. The molecule has 142 valence electrons. The van der Waals surface area contributed by atoms with E-state index in [1.54, 1.807) is 29.0 Å². The molecule has 0 aliphatic carbocycles. The topological polar surface area (TPSA) is 77.1 Å². The second-order valence-electron chi connectivity index (χ2n) is 6.70. The molecule has 2 aromatic heterocycles. The second kappa shape index (κ2) is 8.90. The van der Waals surface area contributed by atoms with Gasteiger partial charge >= 0.3 is 0 Å². The molecule has 1 N–H and O–H groups in total. The first kappa shape index (κ1) is 19.2. The standard InChI is InChI=1S/C20H23N3O3S/c1-14(2)9-10-21-18(24)13-27-20-22-17-8-4-3-7-16(17)19(25)23(20)12-15-6-5-11-26-15/h3-8,11,14H,9-10,12-13H2,1-2H3,(H,21,24). The molecule has 0 aliphatic heterocycles. The number of aromatic nitrogens is 2. The molecule has 3 aromatic rings. The van der Waals surface area contributed by atoms with Crippen LogP contribution in [0.4, 0.5) is 0 Å². The van der Waals surface area contributed by atoms with Gasteiger partial charge in [-0.1, -0.05) is 37.7 Å². The van der Waals surface area contributed by atoms with Crippen molar-refractivity contribution in [2.75, 3.05) is 12.3 Å². The monoisotopic (exact) mass is 385 g/mol. The van der Waals surface area contributed by atoms with Crippen LogP contribution in [0.1, 0.15) is 26.0 Å². The predicted molar refractivity (Wildman–Crippen MR) is 107 cm³/mol.